The fourth-order valence-corrected chi connectivity index (χ4v) is 3.15. The van der Waals surface area contributed by atoms with E-state index >= 15 is 0 Å². The molecule has 0 aliphatic carbocycles. The first-order valence-corrected chi connectivity index (χ1v) is 8.90. The second-order valence-corrected chi connectivity index (χ2v) is 6.96. The summed E-state index contributed by atoms with van der Waals surface area (Å²) in [6, 6.07) is 24.7. The third-order valence-corrected chi connectivity index (χ3v) is 4.92. The molecule has 3 rings (SSSR count). The van der Waals surface area contributed by atoms with Crippen molar-refractivity contribution in [2.45, 2.75) is 32.4 Å². The van der Waals surface area contributed by atoms with E-state index in [1.807, 2.05) is 36.4 Å². The van der Waals surface area contributed by atoms with Crippen LogP contribution in [0.4, 0.5) is 0 Å². The number of rotatable bonds is 6. The average molecular weight is 346 g/mol. The predicted octanol–water partition coefficient (Wildman–Crippen LogP) is 4.72. The minimum atomic E-state index is -0.0602. The largest absolute Gasteiger partial charge is 0.457 e. The van der Waals surface area contributed by atoms with Crippen LogP contribution in [-0.2, 0) is 18.5 Å². The van der Waals surface area contributed by atoms with Gasteiger partial charge in [-0.15, -0.1) is 0 Å². The Morgan fingerprint density at radius 2 is 1.27 bits per heavy atom. The van der Waals surface area contributed by atoms with Crippen LogP contribution in [-0.4, -0.2) is 0 Å². The van der Waals surface area contributed by atoms with E-state index in [-0.39, 0.29) is 5.41 Å². The molecule has 0 saturated carbocycles. The van der Waals surface area contributed by atoms with Crippen molar-refractivity contribution in [3.05, 3.63) is 95.1 Å². The lowest BCUT2D eigenvalue weighted by Gasteiger charge is -2.26. The normalized spacial score (nSPS) is 11.4. The lowest BCUT2D eigenvalue weighted by molar-refractivity contribution is 0.481. The fraction of sp³-hybridized carbons (Fsp3) is 0.217. The van der Waals surface area contributed by atoms with Gasteiger partial charge in [0.05, 0.1) is 0 Å². The van der Waals surface area contributed by atoms with E-state index in [1.165, 1.54) is 11.1 Å². The van der Waals surface area contributed by atoms with Crippen LogP contribution < -0.4 is 16.2 Å². The van der Waals surface area contributed by atoms with Gasteiger partial charge in [-0.05, 0) is 46.5 Å². The summed E-state index contributed by atoms with van der Waals surface area (Å²) in [5, 5.41) is 0. The monoisotopic (exact) mass is 346 g/mol. The van der Waals surface area contributed by atoms with E-state index in [2.05, 4.69) is 50.2 Å². The van der Waals surface area contributed by atoms with Gasteiger partial charge in [0.1, 0.15) is 11.5 Å². The smallest absolute Gasteiger partial charge is 0.127 e. The van der Waals surface area contributed by atoms with Crippen LogP contribution in [0.15, 0.2) is 72.8 Å². The number of nitrogens with two attached hydrogens (primary N) is 2. The first kappa shape index (κ1) is 18.2. The summed E-state index contributed by atoms with van der Waals surface area (Å²) in [4.78, 5) is 0. The van der Waals surface area contributed by atoms with Gasteiger partial charge in [-0.3, -0.25) is 0 Å². The molecule has 134 valence electrons. The Bertz CT molecular complexity index is 855. The van der Waals surface area contributed by atoms with Gasteiger partial charge >= 0.3 is 0 Å². The van der Waals surface area contributed by atoms with Crippen LogP contribution in [0.1, 0.15) is 36.1 Å². The van der Waals surface area contributed by atoms with E-state index < -0.39 is 0 Å². The van der Waals surface area contributed by atoms with Crippen molar-refractivity contribution < 1.29 is 4.74 Å². The highest BCUT2D eigenvalue weighted by Gasteiger charge is 2.22. The summed E-state index contributed by atoms with van der Waals surface area (Å²) in [5.74, 6) is 1.58. The van der Waals surface area contributed by atoms with E-state index in [0.29, 0.717) is 13.1 Å². The van der Waals surface area contributed by atoms with Crippen molar-refractivity contribution in [3.8, 4) is 11.5 Å². The topological polar surface area (TPSA) is 61.3 Å². The molecule has 3 heteroatoms. The van der Waals surface area contributed by atoms with Crippen molar-refractivity contribution in [2.75, 3.05) is 0 Å². The van der Waals surface area contributed by atoms with Crippen LogP contribution in [0.2, 0.25) is 0 Å². The maximum Gasteiger partial charge on any atom is 0.127 e. The predicted molar refractivity (Wildman–Crippen MR) is 107 cm³/mol. The molecule has 0 amide bonds. The van der Waals surface area contributed by atoms with E-state index in [1.54, 1.807) is 0 Å². The highest BCUT2D eigenvalue weighted by atomic mass is 16.5. The highest BCUT2D eigenvalue weighted by Crippen LogP contribution is 2.33. The Balaban J connectivity index is 1.80. The SMILES string of the molecule is CC(C)(c1ccccc1)c1ccc(Oc2ccc(CN)c(CN)c2)cc1. The molecule has 3 aromatic rings. The molecule has 0 aliphatic heterocycles. The lowest BCUT2D eigenvalue weighted by atomic mass is 9.78. The molecule has 26 heavy (non-hydrogen) atoms. The van der Waals surface area contributed by atoms with Gasteiger partial charge in [-0.1, -0.05) is 62.4 Å². The summed E-state index contributed by atoms with van der Waals surface area (Å²) in [7, 11) is 0. The summed E-state index contributed by atoms with van der Waals surface area (Å²) in [6.45, 7) is 5.40. The minimum Gasteiger partial charge on any atom is -0.457 e. The first-order valence-electron chi connectivity index (χ1n) is 8.90. The Morgan fingerprint density at radius 1 is 0.692 bits per heavy atom. The van der Waals surface area contributed by atoms with Crippen LogP contribution in [0.3, 0.4) is 0 Å². The standard InChI is InChI=1S/C23H26N2O/c1-23(2,19-6-4-3-5-7-19)20-9-12-21(13-10-20)26-22-11-8-17(15-24)18(14-22)16-25/h3-14H,15-16,24-25H2,1-2H3. The molecule has 0 aromatic heterocycles. The molecule has 0 bridgehead atoms. The maximum atomic E-state index is 6.00. The van der Waals surface area contributed by atoms with Gasteiger partial charge in [0.15, 0.2) is 0 Å². The van der Waals surface area contributed by atoms with Gasteiger partial charge < -0.3 is 16.2 Å². The summed E-state index contributed by atoms with van der Waals surface area (Å²) >= 11 is 0. The zero-order valence-corrected chi connectivity index (χ0v) is 15.4. The number of ether oxygens (including phenoxy) is 1. The second kappa shape index (κ2) is 7.73. The van der Waals surface area contributed by atoms with Crippen LogP contribution in [0.25, 0.3) is 0 Å². The number of benzene rings is 3. The Kier molecular flexibility index (Phi) is 5.40. The zero-order chi connectivity index (χ0) is 18.6. The van der Waals surface area contributed by atoms with Gasteiger partial charge in [-0.25, -0.2) is 0 Å². The van der Waals surface area contributed by atoms with E-state index in [4.69, 9.17) is 16.2 Å². The van der Waals surface area contributed by atoms with Crippen LogP contribution >= 0.6 is 0 Å². The minimum absolute atomic E-state index is 0.0602. The number of hydrogen-bond acceptors (Lipinski definition) is 3. The third-order valence-electron chi connectivity index (χ3n) is 4.92. The Hall–Kier alpha value is -2.62. The van der Waals surface area contributed by atoms with Crippen molar-refractivity contribution in [1.29, 1.82) is 0 Å². The molecule has 3 aromatic carbocycles. The number of hydrogen-bond donors (Lipinski definition) is 2. The quantitative estimate of drug-likeness (QED) is 0.679. The Morgan fingerprint density at radius 3 is 1.88 bits per heavy atom. The maximum absolute atomic E-state index is 6.00. The molecule has 0 radical (unpaired) electrons. The van der Waals surface area contributed by atoms with Crippen molar-refractivity contribution in [2.24, 2.45) is 11.5 Å². The fourth-order valence-electron chi connectivity index (χ4n) is 3.15. The summed E-state index contributed by atoms with van der Waals surface area (Å²) < 4.78 is 6.00. The van der Waals surface area contributed by atoms with Gasteiger partial charge in [-0.2, -0.15) is 0 Å². The Labute approximate surface area is 155 Å². The van der Waals surface area contributed by atoms with Gasteiger partial charge in [0.2, 0.25) is 0 Å². The van der Waals surface area contributed by atoms with Crippen molar-refractivity contribution in [3.63, 3.8) is 0 Å². The molecule has 0 atom stereocenters. The highest BCUT2D eigenvalue weighted by molar-refractivity contribution is 5.42. The molecular weight excluding hydrogens is 320 g/mol. The zero-order valence-electron chi connectivity index (χ0n) is 15.4. The molecule has 0 fully saturated rings. The second-order valence-electron chi connectivity index (χ2n) is 6.96. The van der Waals surface area contributed by atoms with Crippen molar-refractivity contribution >= 4 is 0 Å². The van der Waals surface area contributed by atoms with Gasteiger partial charge in [0, 0.05) is 18.5 Å². The van der Waals surface area contributed by atoms with E-state index in [0.717, 1.165) is 22.6 Å². The lowest BCUT2D eigenvalue weighted by Crippen LogP contribution is -2.18. The molecule has 0 saturated heterocycles. The van der Waals surface area contributed by atoms with E-state index in [9.17, 15) is 0 Å². The van der Waals surface area contributed by atoms with Crippen LogP contribution in [0, 0.1) is 0 Å². The summed E-state index contributed by atoms with van der Waals surface area (Å²) in [6.07, 6.45) is 0. The molecular formula is C23H26N2O. The molecule has 3 nitrogen and oxygen atoms in total. The molecule has 0 unspecified atom stereocenters. The molecule has 0 heterocycles. The van der Waals surface area contributed by atoms with Crippen molar-refractivity contribution in [1.82, 2.24) is 0 Å². The third kappa shape index (κ3) is 3.79. The molecule has 4 N–H and O–H groups in total. The van der Waals surface area contributed by atoms with Gasteiger partial charge in [0.25, 0.3) is 0 Å². The summed E-state index contributed by atoms with van der Waals surface area (Å²) in [5.41, 5.74) is 16.1. The average Bonchev–Trinajstić information content (AvgIpc) is 2.69. The molecule has 0 aliphatic rings. The first-order chi connectivity index (χ1) is 12.5. The van der Waals surface area contributed by atoms with Crippen LogP contribution in [0.5, 0.6) is 11.5 Å². The molecule has 0 spiro atoms.